The summed E-state index contributed by atoms with van der Waals surface area (Å²) in [5, 5.41) is 6.31. The van der Waals surface area contributed by atoms with Gasteiger partial charge in [0.1, 0.15) is 11.6 Å². The molecule has 1 saturated heterocycles. The molecule has 7 heteroatoms. The molecule has 0 bridgehead atoms. The van der Waals surface area contributed by atoms with Gasteiger partial charge in [0.2, 0.25) is 5.91 Å². The van der Waals surface area contributed by atoms with Crippen LogP contribution in [0.5, 0.6) is 5.75 Å². The fourth-order valence-corrected chi connectivity index (χ4v) is 3.01. The average molecular weight is 329 g/mol. The number of aryl methyl sites for hydroxylation is 1. The zero-order valence-corrected chi connectivity index (χ0v) is 14.0. The van der Waals surface area contributed by atoms with Crippen molar-refractivity contribution in [1.29, 1.82) is 0 Å². The van der Waals surface area contributed by atoms with Gasteiger partial charge in [-0.05, 0) is 12.1 Å². The number of nitrogens with zero attached hydrogens (tertiary/aromatic N) is 3. The van der Waals surface area contributed by atoms with Crippen LogP contribution in [0.15, 0.2) is 36.7 Å². The molecular formula is C17H23N5O2. The molecule has 128 valence electrons. The second-order valence-corrected chi connectivity index (χ2v) is 5.84. The lowest BCUT2D eigenvalue weighted by Gasteiger charge is -2.35. The highest BCUT2D eigenvalue weighted by molar-refractivity contribution is 5.93. The van der Waals surface area contributed by atoms with Gasteiger partial charge in [0.15, 0.2) is 0 Å². The normalized spacial score (nSPS) is 18.3. The smallest absolute Gasteiger partial charge is 0.238 e. The van der Waals surface area contributed by atoms with Crippen molar-refractivity contribution in [2.24, 2.45) is 7.05 Å². The Morgan fingerprint density at radius 2 is 2.29 bits per heavy atom. The van der Waals surface area contributed by atoms with Crippen molar-refractivity contribution in [2.45, 2.75) is 6.04 Å². The predicted molar refractivity (Wildman–Crippen MR) is 92.0 cm³/mol. The number of para-hydroxylation sites is 2. The third kappa shape index (κ3) is 3.58. The molecule has 1 fully saturated rings. The fourth-order valence-electron chi connectivity index (χ4n) is 3.01. The van der Waals surface area contributed by atoms with E-state index in [1.54, 1.807) is 13.3 Å². The molecular weight excluding hydrogens is 306 g/mol. The maximum absolute atomic E-state index is 12.5. The van der Waals surface area contributed by atoms with Crippen molar-refractivity contribution in [2.75, 3.05) is 38.6 Å². The number of carbonyl (C=O) groups is 1. The minimum Gasteiger partial charge on any atom is -0.495 e. The Balaban J connectivity index is 1.69. The molecule has 1 atom stereocenters. The van der Waals surface area contributed by atoms with E-state index in [0.29, 0.717) is 18.0 Å². The fraction of sp³-hybridized carbons (Fsp3) is 0.412. The van der Waals surface area contributed by atoms with Crippen LogP contribution in [0.4, 0.5) is 5.69 Å². The highest BCUT2D eigenvalue weighted by Crippen LogP contribution is 2.24. The van der Waals surface area contributed by atoms with E-state index in [4.69, 9.17) is 4.74 Å². The molecule has 0 aliphatic carbocycles. The van der Waals surface area contributed by atoms with E-state index < -0.39 is 0 Å². The predicted octanol–water partition coefficient (Wildman–Crippen LogP) is 1.01. The molecule has 7 nitrogen and oxygen atoms in total. The number of amides is 1. The first-order chi connectivity index (χ1) is 11.7. The number of imidazole rings is 1. The molecule has 1 aromatic heterocycles. The Kier molecular flexibility index (Phi) is 5.12. The van der Waals surface area contributed by atoms with E-state index in [1.807, 2.05) is 42.1 Å². The number of piperazine rings is 1. The summed E-state index contributed by atoms with van der Waals surface area (Å²) >= 11 is 0. The number of methoxy groups -OCH3 is 1. The van der Waals surface area contributed by atoms with Gasteiger partial charge in [0.05, 0.1) is 25.4 Å². The number of aromatic nitrogens is 2. The van der Waals surface area contributed by atoms with Crippen molar-refractivity contribution >= 4 is 11.6 Å². The van der Waals surface area contributed by atoms with E-state index >= 15 is 0 Å². The maximum atomic E-state index is 12.5. The van der Waals surface area contributed by atoms with Gasteiger partial charge in [-0.15, -0.1) is 0 Å². The molecule has 0 spiro atoms. The van der Waals surface area contributed by atoms with E-state index in [0.717, 1.165) is 25.5 Å². The van der Waals surface area contributed by atoms with Crippen LogP contribution in [0.3, 0.4) is 0 Å². The molecule has 2 heterocycles. The van der Waals surface area contributed by atoms with E-state index in [2.05, 4.69) is 20.5 Å². The summed E-state index contributed by atoms with van der Waals surface area (Å²) in [6.45, 7) is 2.77. The molecule has 1 aliphatic heterocycles. The van der Waals surface area contributed by atoms with Crippen LogP contribution in [0.2, 0.25) is 0 Å². The topological polar surface area (TPSA) is 71.4 Å². The molecule has 1 unspecified atom stereocenters. The van der Waals surface area contributed by atoms with Gasteiger partial charge in [-0.25, -0.2) is 4.98 Å². The summed E-state index contributed by atoms with van der Waals surface area (Å²) in [5.41, 5.74) is 0.689. The van der Waals surface area contributed by atoms with Crippen molar-refractivity contribution in [3.63, 3.8) is 0 Å². The van der Waals surface area contributed by atoms with Crippen molar-refractivity contribution < 1.29 is 9.53 Å². The van der Waals surface area contributed by atoms with Crippen LogP contribution < -0.4 is 15.4 Å². The van der Waals surface area contributed by atoms with E-state index in [9.17, 15) is 4.79 Å². The van der Waals surface area contributed by atoms with Crippen molar-refractivity contribution in [3.05, 3.63) is 42.5 Å². The number of rotatable bonds is 5. The number of hydrogen-bond donors (Lipinski definition) is 2. The molecule has 2 N–H and O–H groups in total. The highest BCUT2D eigenvalue weighted by Gasteiger charge is 2.28. The zero-order valence-electron chi connectivity index (χ0n) is 14.0. The lowest BCUT2D eigenvalue weighted by molar-refractivity contribution is -0.118. The van der Waals surface area contributed by atoms with Crippen LogP contribution in [-0.2, 0) is 11.8 Å². The summed E-state index contributed by atoms with van der Waals surface area (Å²) in [6, 6.07) is 7.51. The highest BCUT2D eigenvalue weighted by atomic mass is 16.5. The Hall–Kier alpha value is -2.38. The molecule has 1 amide bonds. The first kappa shape index (κ1) is 16.5. The van der Waals surface area contributed by atoms with Crippen LogP contribution in [-0.4, -0.2) is 53.6 Å². The van der Waals surface area contributed by atoms with Crippen molar-refractivity contribution in [1.82, 2.24) is 19.8 Å². The SMILES string of the molecule is COc1ccccc1NC(=O)CN1CCNCC1c1nccn1C. The molecule has 24 heavy (non-hydrogen) atoms. The number of nitrogens with one attached hydrogen (secondary N) is 2. The summed E-state index contributed by atoms with van der Waals surface area (Å²) in [4.78, 5) is 19.1. The Morgan fingerprint density at radius 3 is 3.04 bits per heavy atom. The third-order valence-electron chi connectivity index (χ3n) is 4.24. The largest absolute Gasteiger partial charge is 0.495 e. The van der Waals surface area contributed by atoms with E-state index in [-0.39, 0.29) is 11.9 Å². The van der Waals surface area contributed by atoms with Gasteiger partial charge in [-0.3, -0.25) is 9.69 Å². The summed E-state index contributed by atoms with van der Waals surface area (Å²) < 4.78 is 7.28. The molecule has 0 radical (unpaired) electrons. The minimum atomic E-state index is -0.0550. The minimum absolute atomic E-state index is 0.0550. The third-order valence-corrected chi connectivity index (χ3v) is 4.24. The average Bonchev–Trinajstić information content (AvgIpc) is 3.01. The van der Waals surface area contributed by atoms with Crippen LogP contribution in [0.25, 0.3) is 0 Å². The number of ether oxygens (including phenoxy) is 1. The quantitative estimate of drug-likeness (QED) is 0.857. The first-order valence-electron chi connectivity index (χ1n) is 8.04. The van der Waals surface area contributed by atoms with Gasteiger partial charge in [-0.1, -0.05) is 12.1 Å². The second-order valence-electron chi connectivity index (χ2n) is 5.84. The number of anilines is 1. The summed E-state index contributed by atoms with van der Waals surface area (Å²) in [6.07, 6.45) is 3.72. The van der Waals surface area contributed by atoms with Gasteiger partial charge >= 0.3 is 0 Å². The van der Waals surface area contributed by atoms with Gasteiger partial charge in [0.25, 0.3) is 0 Å². The molecule has 0 saturated carbocycles. The van der Waals surface area contributed by atoms with Crippen molar-refractivity contribution in [3.8, 4) is 5.75 Å². The second kappa shape index (κ2) is 7.46. The van der Waals surface area contributed by atoms with Crippen LogP contribution in [0.1, 0.15) is 11.9 Å². The lowest BCUT2D eigenvalue weighted by Crippen LogP contribution is -2.49. The molecule has 3 rings (SSSR count). The van der Waals surface area contributed by atoms with Gasteiger partial charge < -0.3 is 19.9 Å². The zero-order chi connectivity index (χ0) is 16.9. The van der Waals surface area contributed by atoms with E-state index in [1.165, 1.54) is 0 Å². The Labute approximate surface area is 141 Å². The monoisotopic (exact) mass is 329 g/mol. The summed E-state index contributed by atoms with van der Waals surface area (Å²) in [5.74, 6) is 1.57. The standard InChI is InChI=1S/C17H23N5O2/c1-21-9-8-19-17(21)14-11-18-7-10-22(14)12-16(23)20-13-5-3-4-6-15(13)24-2/h3-6,8-9,14,18H,7,10-12H2,1-2H3,(H,20,23). The maximum Gasteiger partial charge on any atom is 0.238 e. The lowest BCUT2D eigenvalue weighted by atomic mass is 10.1. The molecule has 1 aliphatic rings. The van der Waals surface area contributed by atoms with Gasteiger partial charge in [0, 0.05) is 39.1 Å². The van der Waals surface area contributed by atoms with Gasteiger partial charge in [-0.2, -0.15) is 0 Å². The van der Waals surface area contributed by atoms with Crippen LogP contribution in [0, 0.1) is 0 Å². The molecule has 1 aromatic carbocycles. The molecule has 2 aromatic rings. The number of benzene rings is 1. The summed E-state index contributed by atoms with van der Waals surface area (Å²) in [7, 11) is 3.57. The van der Waals surface area contributed by atoms with Crippen LogP contribution >= 0.6 is 0 Å². The Bertz CT molecular complexity index is 700. The number of carbonyl (C=O) groups excluding carboxylic acids is 1. The number of hydrogen-bond acceptors (Lipinski definition) is 5. The Morgan fingerprint density at radius 1 is 1.46 bits per heavy atom. The first-order valence-corrected chi connectivity index (χ1v) is 8.04.